The minimum absolute atomic E-state index is 0.111. The summed E-state index contributed by atoms with van der Waals surface area (Å²) in [7, 11) is 0. The summed E-state index contributed by atoms with van der Waals surface area (Å²) in [5.41, 5.74) is 14.1. The van der Waals surface area contributed by atoms with Crippen molar-refractivity contribution >= 4 is 17.3 Å². The Hall–Kier alpha value is -2.40. The monoisotopic (exact) mass is 256 g/mol. The van der Waals surface area contributed by atoms with Gasteiger partial charge < -0.3 is 16.8 Å². The number of nitrogen functional groups attached to an aromatic ring is 1. The standard InChI is InChI=1S/C14H16N4O/c1-9(15)10-2-3-12(13(16)8-10)14(19)18-11-4-6-17-7-5-11/h2-9H,15-16H2,1H3,(H,17,18,19). The zero-order valence-electron chi connectivity index (χ0n) is 10.6. The van der Waals surface area contributed by atoms with E-state index in [1.807, 2.05) is 13.0 Å². The lowest BCUT2D eigenvalue weighted by Gasteiger charge is -2.11. The van der Waals surface area contributed by atoms with E-state index in [0.29, 0.717) is 16.9 Å². The molecule has 0 aliphatic carbocycles. The Morgan fingerprint density at radius 1 is 1.26 bits per heavy atom. The molecule has 0 aliphatic rings. The van der Waals surface area contributed by atoms with Crippen LogP contribution in [0.3, 0.4) is 0 Å². The molecule has 5 heteroatoms. The van der Waals surface area contributed by atoms with E-state index in [9.17, 15) is 4.79 Å². The van der Waals surface area contributed by atoms with Crippen LogP contribution in [0.5, 0.6) is 0 Å². The molecule has 0 fully saturated rings. The van der Waals surface area contributed by atoms with E-state index in [1.54, 1.807) is 36.7 Å². The second-order valence-corrected chi connectivity index (χ2v) is 4.33. The number of rotatable bonds is 3. The highest BCUT2D eigenvalue weighted by molar-refractivity contribution is 6.07. The molecular formula is C14H16N4O. The molecule has 0 saturated carbocycles. The van der Waals surface area contributed by atoms with E-state index >= 15 is 0 Å². The highest BCUT2D eigenvalue weighted by atomic mass is 16.1. The molecule has 1 aromatic carbocycles. The fraction of sp³-hybridized carbons (Fsp3) is 0.143. The van der Waals surface area contributed by atoms with E-state index in [0.717, 1.165) is 5.56 Å². The molecule has 19 heavy (non-hydrogen) atoms. The minimum atomic E-state index is -0.250. The summed E-state index contributed by atoms with van der Waals surface area (Å²) < 4.78 is 0. The fourth-order valence-corrected chi connectivity index (χ4v) is 1.70. The lowest BCUT2D eigenvalue weighted by molar-refractivity contribution is 0.102. The summed E-state index contributed by atoms with van der Waals surface area (Å²) >= 11 is 0. The number of hydrogen-bond acceptors (Lipinski definition) is 4. The van der Waals surface area contributed by atoms with Gasteiger partial charge in [-0.25, -0.2) is 0 Å². The van der Waals surface area contributed by atoms with Crippen LogP contribution < -0.4 is 16.8 Å². The van der Waals surface area contributed by atoms with Crippen molar-refractivity contribution in [2.45, 2.75) is 13.0 Å². The Balaban J connectivity index is 2.20. The van der Waals surface area contributed by atoms with E-state index in [2.05, 4.69) is 10.3 Å². The molecular weight excluding hydrogens is 240 g/mol. The molecule has 0 saturated heterocycles. The van der Waals surface area contributed by atoms with Crippen LogP contribution in [-0.4, -0.2) is 10.9 Å². The van der Waals surface area contributed by atoms with Gasteiger partial charge in [0.25, 0.3) is 5.91 Å². The molecule has 1 unspecified atom stereocenters. The van der Waals surface area contributed by atoms with E-state index in [-0.39, 0.29) is 11.9 Å². The Bertz CT molecular complexity index is 581. The number of hydrogen-bond donors (Lipinski definition) is 3. The first-order valence-electron chi connectivity index (χ1n) is 5.94. The summed E-state index contributed by atoms with van der Waals surface area (Å²) in [5, 5.41) is 2.76. The average molecular weight is 256 g/mol. The zero-order valence-corrected chi connectivity index (χ0v) is 10.6. The van der Waals surface area contributed by atoms with Crippen LogP contribution >= 0.6 is 0 Å². The Kier molecular flexibility index (Phi) is 3.77. The molecule has 1 atom stereocenters. The SMILES string of the molecule is CC(N)c1ccc(C(=O)Nc2ccncc2)c(N)c1. The third-order valence-electron chi connectivity index (χ3n) is 2.78. The second-order valence-electron chi connectivity index (χ2n) is 4.33. The van der Waals surface area contributed by atoms with Crippen molar-refractivity contribution in [2.75, 3.05) is 11.1 Å². The maximum atomic E-state index is 12.1. The van der Waals surface area contributed by atoms with Crippen molar-refractivity contribution in [1.82, 2.24) is 4.98 Å². The fourth-order valence-electron chi connectivity index (χ4n) is 1.70. The molecule has 0 radical (unpaired) electrons. The normalized spacial score (nSPS) is 11.9. The topological polar surface area (TPSA) is 94.0 Å². The molecule has 1 heterocycles. The van der Waals surface area contributed by atoms with Gasteiger partial charge in [-0.05, 0) is 36.8 Å². The number of nitrogens with one attached hydrogen (secondary N) is 1. The first-order valence-corrected chi connectivity index (χ1v) is 5.94. The van der Waals surface area contributed by atoms with Gasteiger partial charge >= 0.3 is 0 Å². The largest absolute Gasteiger partial charge is 0.398 e. The number of carbonyl (C=O) groups excluding carboxylic acids is 1. The van der Waals surface area contributed by atoms with E-state index < -0.39 is 0 Å². The van der Waals surface area contributed by atoms with Crippen LogP contribution in [0.4, 0.5) is 11.4 Å². The predicted molar refractivity (Wildman–Crippen MR) is 75.6 cm³/mol. The molecule has 98 valence electrons. The summed E-state index contributed by atoms with van der Waals surface area (Å²) in [6.45, 7) is 1.87. The van der Waals surface area contributed by atoms with Gasteiger partial charge in [0.1, 0.15) is 0 Å². The Labute approximate surface area is 111 Å². The molecule has 2 rings (SSSR count). The van der Waals surface area contributed by atoms with Gasteiger partial charge in [-0.1, -0.05) is 6.07 Å². The molecule has 1 amide bonds. The van der Waals surface area contributed by atoms with Gasteiger partial charge in [-0.3, -0.25) is 9.78 Å². The van der Waals surface area contributed by atoms with Crippen LogP contribution in [0.25, 0.3) is 0 Å². The second kappa shape index (κ2) is 5.49. The van der Waals surface area contributed by atoms with Crippen LogP contribution in [0.1, 0.15) is 28.9 Å². The molecule has 0 spiro atoms. The van der Waals surface area contributed by atoms with Gasteiger partial charge in [0.15, 0.2) is 0 Å². The lowest BCUT2D eigenvalue weighted by Crippen LogP contribution is -2.15. The van der Waals surface area contributed by atoms with Crippen LogP contribution in [0.2, 0.25) is 0 Å². The number of carbonyl (C=O) groups is 1. The number of nitrogens with zero attached hydrogens (tertiary/aromatic N) is 1. The van der Waals surface area contributed by atoms with E-state index in [4.69, 9.17) is 11.5 Å². The first-order chi connectivity index (χ1) is 9.08. The maximum absolute atomic E-state index is 12.1. The van der Waals surface area contributed by atoms with Crippen LogP contribution in [0.15, 0.2) is 42.7 Å². The van der Waals surface area contributed by atoms with Crippen molar-refractivity contribution in [3.8, 4) is 0 Å². The number of benzene rings is 1. The zero-order chi connectivity index (χ0) is 13.8. The van der Waals surface area contributed by atoms with Gasteiger partial charge in [-0.2, -0.15) is 0 Å². The molecule has 2 aromatic rings. The third-order valence-corrected chi connectivity index (χ3v) is 2.78. The Morgan fingerprint density at radius 2 is 1.95 bits per heavy atom. The van der Waals surface area contributed by atoms with Gasteiger partial charge in [0.2, 0.25) is 0 Å². The van der Waals surface area contributed by atoms with Crippen molar-refractivity contribution in [3.63, 3.8) is 0 Å². The number of aromatic nitrogens is 1. The minimum Gasteiger partial charge on any atom is -0.398 e. The summed E-state index contributed by atoms with van der Waals surface area (Å²) in [4.78, 5) is 16.0. The summed E-state index contributed by atoms with van der Waals surface area (Å²) in [6.07, 6.45) is 3.22. The number of amides is 1. The van der Waals surface area contributed by atoms with Gasteiger partial charge in [0.05, 0.1) is 5.56 Å². The van der Waals surface area contributed by atoms with Crippen LogP contribution in [-0.2, 0) is 0 Å². The average Bonchev–Trinajstić information content (AvgIpc) is 2.39. The quantitative estimate of drug-likeness (QED) is 0.731. The highest BCUT2D eigenvalue weighted by Gasteiger charge is 2.11. The highest BCUT2D eigenvalue weighted by Crippen LogP contribution is 2.19. The van der Waals surface area contributed by atoms with Gasteiger partial charge in [-0.15, -0.1) is 0 Å². The van der Waals surface area contributed by atoms with E-state index in [1.165, 1.54) is 0 Å². The predicted octanol–water partition coefficient (Wildman–Crippen LogP) is 1.94. The van der Waals surface area contributed by atoms with Crippen molar-refractivity contribution < 1.29 is 4.79 Å². The lowest BCUT2D eigenvalue weighted by atomic mass is 10.0. The molecule has 0 bridgehead atoms. The van der Waals surface area contributed by atoms with Crippen LogP contribution in [0, 0.1) is 0 Å². The van der Waals surface area contributed by atoms with Crippen molar-refractivity contribution in [2.24, 2.45) is 5.73 Å². The van der Waals surface area contributed by atoms with Crippen molar-refractivity contribution in [1.29, 1.82) is 0 Å². The number of nitrogens with two attached hydrogens (primary N) is 2. The Morgan fingerprint density at radius 3 is 2.53 bits per heavy atom. The number of pyridine rings is 1. The third kappa shape index (κ3) is 3.08. The summed E-state index contributed by atoms with van der Waals surface area (Å²) in [5.74, 6) is -0.250. The molecule has 0 aliphatic heterocycles. The maximum Gasteiger partial charge on any atom is 0.257 e. The smallest absolute Gasteiger partial charge is 0.257 e. The van der Waals surface area contributed by atoms with Gasteiger partial charge in [0, 0.05) is 29.8 Å². The number of anilines is 2. The van der Waals surface area contributed by atoms with Crippen molar-refractivity contribution in [3.05, 3.63) is 53.9 Å². The molecule has 5 N–H and O–H groups in total. The summed E-state index contributed by atoms with van der Waals surface area (Å²) in [6, 6.07) is 8.54. The molecule has 1 aromatic heterocycles. The molecule has 5 nitrogen and oxygen atoms in total. The first kappa shape index (κ1) is 13.0.